The number of anilines is 3. The van der Waals surface area contributed by atoms with Gasteiger partial charge >= 0.3 is 0 Å². The van der Waals surface area contributed by atoms with Crippen molar-refractivity contribution >= 4 is 34.8 Å². The van der Waals surface area contributed by atoms with E-state index >= 15 is 0 Å². The van der Waals surface area contributed by atoms with Crippen LogP contribution in [0.15, 0.2) is 103 Å². The first kappa shape index (κ1) is 33.8. The summed E-state index contributed by atoms with van der Waals surface area (Å²) in [6, 6.07) is 33.0. The van der Waals surface area contributed by atoms with Crippen LogP contribution in [0.25, 0.3) is 11.1 Å². The number of amides is 3. The molecule has 254 valence electrons. The number of primary amides is 1. The van der Waals surface area contributed by atoms with Crippen molar-refractivity contribution in [2.75, 3.05) is 23.5 Å². The molecule has 3 N–H and O–H groups in total. The first-order valence-electron chi connectivity index (χ1n) is 17.4. The van der Waals surface area contributed by atoms with Gasteiger partial charge in [-0.25, -0.2) is 0 Å². The highest BCUT2D eigenvalue weighted by Crippen LogP contribution is 2.39. The molecule has 1 heterocycles. The second-order valence-corrected chi connectivity index (χ2v) is 13.3. The molecule has 4 aromatic carbocycles. The molecule has 3 atom stereocenters. The third-order valence-corrected chi connectivity index (χ3v) is 10.1. The third kappa shape index (κ3) is 7.64. The summed E-state index contributed by atoms with van der Waals surface area (Å²) in [6.45, 7) is 2.54. The van der Waals surface area contributed by atoms with Gasteiger partial charge in [-0.15, -0.1) is 0 Å². The number of nitrogens with one attached hydrogen (secondary N) is 1. The van der Waals surface area contributed by atoms with E-state index in [1.807, 2.05) is 97.9 Å². The Morgan fingerprint density at radius 1 is 0.878 bits per heavy atom. The molecule has 49 heavy (non-hydrogen) atoms. The number of ether oxygens (including phenoxy) is 1. The molecule has 0 saturated heterocycles. The van der Waals surface area contributed by atoms with Crippen molar-refractivity contribution in [3.8, 4) is 16.9 Å². The summed E-state index contributed by atoms with van der Waals surface area (Å²) in [5.41, 5.74) is 11.5. The van der Waals surface area contributed by atoms with Crippen molar-refractivity contribution in [2.45, 2.75) is 58.0 Å². The lowest BCUT2D eigenvalue weighted by atomic mass is 9.74. The molecule has 0 radical (unpaired) electrons. The summed E-state index contributed by atoms with van der Waals surface area (Å²) in [5.74, 6) is -0.921. The molecule has 1 aliphatic heterocycles. The van der Waals surface area contributed by atoms with E-state index < -0.39 is 23.8 Å². The van der Waals surface area contributed by atoms with Crippen LogP contribution in [0.1, 0.15) is 51.0 Å². The molecule has 3 amide bonds. The Morgan fingerprint density at radius 3 is 2.24 bits per heavy atom. The second-order valence-electron chi connectivity index (χ2n) is 13.3. The number of hydrogen-bond donors (Lipinski definition) is 2. The van der Waals surface area contributed by atoms with E-state index in [2.05, 4.69) is 22.3 Å². The maximum absolute atomic E-state index is 14.8. The Morgan fingerprint density at radius 2 is 1.59 bits per heavy atom. The number of nitrogens with two attached hydrogens (primary N) is 1. The molecule has 4 aromatic rings. The molecule has 8 heteroatoms. The van der Waals surface area contributed by atoms with Gasteiger partial charge in [0.15, 0.2) is 0 Å². The molecule has 0 spiro atoms. The lowest BCUT2D eigenvalue weighted by molar-refractivity contribution is -0.136. The minimum Gasteiger partial charge on any atom is -0.497 e. The fourth-order valence-electron chi connectivity index (χ4n) is 7.20. The number of nitrogens with zero attached hydrogens (tertiary/aromatic N) is 2. The normalized spacial score (nSPS) is 17.3. The van der Waals surface area contributed by atoms with Gasteiger partial charge in [0, 0.05) is 17.5 Å². The van der Waals surface area contributed by atoms with E-state index in [1.54, 1.807) is 12.0 Å². The predicted octanol–water partition coefficient (Wildman–Crippen LogP) is 7.24. The van der Waals surface area contributed by atoms with E-state index in [1.165, 1.54) is 0 Å². The van der Waals surface area contributed by atoms with Gasteiger partial charge in [0.25, 0.3) is 5.91 Å². The van der Waals surface area contributed by atoms with Crippen molar-refractivity contribution < 1.29 is 19.1 Å². The highest BCUT2D eigenvalue weighted by molar-refractivity contribution is 6.04. The Balaban J connectivity index is 1.36. The fourth-order valence-corrected chi connectivity index (χ4v) is 7.20. The van der Waals surface area contributed by atoms with E-state index in [-0.39, 0.29) is 18.4 Å². The summed E-state index contributed by atoms with van der Waals surface area (Å²) in [5, 5.41) is 3.16. The number of para-hydroxylation sites is 3. The van der Waals surface area contributed by atoms with Crippen molar-refractivity contribution in [2.24, 2.45) is 23.5 Å². The van der Waals surface area contributed by atoms with Crippen LogP contribution >= 0.6 is 0 Å². The van der Waals surface area contributed by atoms with Crippen molar-refractivity contribution in [1.82, 2.24) is 5.32 Å². The van der Waals surface area contributed by atoms with Crippen LogP contribution in [0.5, 0.6) is 5.75 Å². The lowest BCUT2D eigenvalue weighted by Gasteiger charge is -2.33. The summed E-state index contributed by atoms with van der Waals surface area (Å²) in [4.78, 5) is 45.6. The van der Waals surface area contributed by atoms with E-state index in [4.69, 9.17) is 10.5 Å². The molecule has 6 rings (SSSR count). The molecule has 1 fully saturated rings. The quantitative estimate of drug-likeness (QED) is 0.158. The van der Waals surface area contributed by atoms with Crippen LogP contribution in [-0.2, 0) is 20.9 Å². The monoisotopic (exact) mass is 658 g/mol. The number of benzene rings is 4. The van der Waals surface area contributed by atoms with Crippen molar-refractivity contribution in [3.05, 3.63) is 109 Å². The Kier molecular flexibility index (Phi) is 10.6. The van der Waals surface area contributed by atoms with E-state index in [0.717, 1.165) is 65.2 Å². The molecule has 2 aliphatic rings. The molecule has 1 unspecified atom stereocenters. The van der Waals surface area contributed by atoms with Crippen LogP contribution < -0.4 is 25.6 Å². The number of fused-ring (bicyclic) bond motifs is 1. The van der Waals surface area contributed by atoms with Gasteiger partial charge in [0.1, 0.15) is 11.8 Å². The molecule has 1 saturated carbocycles. The Labute approximate surface area is 289 Å². The summed E-state index contributed by atoms with van der Waals surface area (Å²) in [6.07, 6.45) is 5.11. The lowest BCUT2D eigenvalue weighted by Crippen LogP contribution is -2.54. The first-order chi connectivity index (χ1) is 23.9. The zero-order valence-electron chi connectivity index (χ0n) is 28.4. The standard InChI is InChI=1S/C41H46N4O4/c1-3-11-34(39(42)46)35(25-28-12-9-13-28)40(47)43-36-27-44(32-16-5-4-6-17-32)37-18-7-8-19-38(37)45(41(36)48)26-29-14-10-15-31(24-29)30-20-22-33(49-2)23-21-30/h4-8,10,14-24,28,34-36H,3,9,11-13,25-27H2,1-2H3,(H2,42,46)(H,43,47)/t34-,35+,36?/m0/s1. The second kappa shape index (κ2) is 15.4. The summed E-state index contributed by atoms with van der Waals surface area (Å²) < 4.78 is 5.34. The minimum absolute atomic E-state index is 0.206. The maximum Gasteiger partial charge on any atom is 0.251 e. The zero-order chi connectivity index (χ0) is 34.3. The number of rotatable bonds is 13. The highest BCUT2D eigenvalue weighted by Gasteiger charge is 2.40. The van der Waals surface area contributed by atoms with E-state index in [9.17, 15) is 14.4 Å². The molecule has 0 bridgehead atoms. The summed E-state index contributed by atoms with van der Waals surface area (Å²) >= 11 is 0. The number of carbonyl (C=O) groups is 3. The maximum atomic E-state index is 14.8. The number of hydrogen-bond acceptors (Lipinski definition) is 5. The van der Waals surface area contributed by atoms with Crippen LogP contribution in [0.3, 0.4) is 0 Å². The van der Waals surface area contributed by atoms with Crippen LogP contribution in [-0.4, -0.2) is 37.4 Å². The van der Waals surface area contributed by atoms with Crippen molar-refractivity contribution in [1.29, 1.82) is 0 Å². The highest BCUT2D eigenvalue weighted by atomic mass is 16.5. The zero-order valence-corrected chi connectivity index (χ0v) is 28.4. The molecule has 0 aromatic heterocycles. The Hall–Kier alpha value is -5.11. The fraction of sp³-hybridized carbons (Fsp3) is 0.341. The average Bonchev–Trinajstić information content (AvgIpc) is 3.22. The predicted molar refractivity (Wildman–Crippen MR) is 194 cm³/mol. The van der Waals surface area contributed by atoms with Crippen molar-refractivity contribution in [3.63, 3.8) is 0 Å². The number of carbonyl (C=O) groups excluding carboxylic acids is 3. The number of methoxy groups -OCH3 is 1. The molecule has 8 nitrogen and oxygen atoms in total. The smallest absolute Gasteiger partial charge is 0.251 e. The summed E-state index contributed by atoms with van der Waals surface area (Å²) in [7, 11) is 1.65. The van der Waals surface area contributed by atoms with Crippen LogP contribution in [0.2, 0.25) is 0 Å². The van der Waals surface area contributed by atoms with Gasteiger partial charge in [0.2, 0.25) is 11.8 Å². The van der Waals surface area contributed by atoms with Gasteiger partial charge < -0.3 is 25.6 Å². The molecule has 1 aliphatic carbocycles. The van der Waals surface area contributed by atoms with E-state index in [0.29, 0.717) is 25.3 Å². The van der Waals surface area contributed by atoms with Crippen LogP contribution in [0.4, 0.5) is 17.1 Å². The largest absolute Gasteiger partial charge is 0.497 e. The first-order valence-corrected chi connectivity index (χ1v) is 17.4. The van der Waals surface area contributed by atoms with Gasteiger partial charge in [0.05, 0.1) is 31.6 Å². The topological polar surface area (TPSA) is 105 Å². The van der Waals surface area contributed by atoms with Gasteiger partial charge in [-0.3, -0.25) is 14.4 Å². The average molecular weight is 659 g/mol. The van der Waals surface area contributed by atoms with Crippen LogP contribution in [0, 0.1) is 17.8 Å². The van der Waals surface area contributed by atoms with Gasteiger partial charge in [-0.05, 0) is 77.9 Å². The Bertz CT molecular complexity index is 1760. The van der Waals surface area contributed by atoms with Gasteiger partial charge in [-0.1, -0.05) is 93.3 Å². The van der Waals surface area contributed by atoms with Gasteiger partial charge in [-0.2, -0.15) is 0 Å². The SMILES string of the molecule is CCC[C@H](C(N)=O)[C@@H](CC1CCC1)C(=O)NC1CN(c2ccccc2)c2ccccc2N(Cc2cccc(-c3ccc(OC)cc3)c2)C1=O. The molecular formula is C41H46N4O4. The molecular weight excluding hydrogens is 612 g/mol. The minimum atomic E-state index is -0.871. The third-order valence-electron chi connectivity index (χ3n) is 10.1.